The van der Waals surface area contributed by atoms with Gasteiger partial charge in [0.05, 0.1) is 23.1 Å². The Kier molecular flexibility index (Phi) is 4.71. The second-order valence-corrected chi connectivity index (χ2v) is 10.8. The van der Waals surface area contributed by atoms with Crippen molar-refractivity contribution >= 4 is 27.6 Å². The van der Waals surface area contributed by atoms with Crippen molar-refractivity contribution in [3.63, 3.8) is 0 Å². The predicted molar refractivity (Wildman–Crippen MR) is 147 cm³/mol. The Bertz CT molecular complexity index is 1710. The number of likely N-dealkylation sites (tertiary alicyclic amines) is 1. The Morgan fingerprint density at radius 1 is 1.03 bits per heavy atom. The van der Waals surface area contributed by atoms with Crippen LogP contribution in [-0.2, 0) is 18.9 Å². The number of benzene rings is 3. The van der Waals surface area contributed by atoms with Gasteiger partial charge in [0.1, 0.15) is 5.82 Å². The largest absolute Gasteiger partial charge is 0.338 e. The molecule has 0 radical (unpaired) electrons. The molecule has 0 unspecified atom stereocenters. The summed E-state index contributed by atoms with van der Waals surface area (Å²) in [5.74, 6) is 1.55. The molecule has 1 amide bonds. The molecule has 5 aromatic rings. The molecule has 7 rings (SSSR count). The van der Waals surface area contributed by atoms with Gasteiger partial charge in [-0.15, -0.1) is 0 Å². The fraction of sp³-hybridized carbons (Fsp3) is 0.258. The molecule has 6 nitrogen and oxygen atoms in total. The number of hydrogen-bond donors (Lipinski definition) is 0. The highest BCUT2D eigenvalue weighted by molar-refractivity contribution is 5.99. The number of carbonyl (C=O) groups is 1. The van der Waals surface area contributed by atoms with Gasteiger partial charge in [-0.2, -0.15) is 5.10 Å². The normalized spacial score (nSPS) is 16.8. The minimum atomic E-state index is 0.0392. The van der Waals surface area contributed by atoms with E-state index in [1.54, 1.807) is 0 Å². The van der Waals surface area contributed by atoms with Crippen molar-refractivity contribution in [3.8, 4) is 22.5 Å². The fourth-order valence-corrected chi connectivity index (χ4v) is 6.61. The van der Waals surface area contributed by atoms with Crippen molar-refractivity contribution < 1.29 is 4.79 Å². The number of fused-ring (bicyclic) bond motifs is 2. The van der Waals surface area contributed by atoms with E-state index in [0.29, 0.717) is 5.92 Å². The zero-order chi connectivity index (χ0) is 25.3. The first kappa shape index (κ1) is 22.0. The van der Waals surface area contributed by atoms with E-state index in [-0.39, 0.29) is 11.3 Å². The lowest BCUT2D eigenvalue weighted by molar-refractivity contribution is -0.146. The fourth-order valence-electron chi connectivity index (χ4n) is 6.61. The number of carbonyl (C=O) groups excluding carboxylic acids is 1. The summed E-state index contributed by atoms with van der Waals surface area (Å²) in [6.45, 7) is 5.30. The molecule has 0 N–H and O–H groups in total. The Morgan fingerprint density at radius 2 is 1.81 bits per heavy atom. The van der Waals surface area contributed by atoms with Crippen molar-refractivity contribution in [2.75, 3.05) is 13.1 Å². The third-order valence-corrected chi connectivity index (χ3v) is 8.46. The number of aromatic nitrogens is 4. The summed E-state index contributed by atoms with van der Waals surface area (Å²) < 4.78 is 4.22. The van der Waals surface area contributed by atoms with Gasteiger partial charge in [-0.05, 0) is 41.8 Å². The van der Waals surface area contributed by atoms with Gasteiger partial charge in [0, 0.05) is 55.0 Å². The van der Waals surface area contributed by atoms with Crippen molar-refractivity contribution in [2.45, 2.75) is 18.8 Å². The maximum atomic E-state index is 12.0. The number of amides is 1. The van der Waals surface area contributed by atoms with Gasteiger partial charge in [-0.1, -0.05) is 55.1 Å². The van der Waals surface area contributed by atoms with Crippen molar-refractivity contribution in [2.24, 2.45) is 19.5 Å². The lowest BCUT2D eigenvalue weighted by Gasteiger charge is -2.58. The molecule has 37 heavy (non-hydrogen) atoms. The number of nitrogens with zero attached hydrogens (tertiary/aromatic N) is 5. The molecule has 2 aromatic heterocycles. The minimum absolute atomic E-state index is 0.0392. The molecule has 3 heterocycles. The molecular formula is C31H29N5O. The summed E-state index contributed by atoms with van der Waals surface area (Å²) in [6, 6.07) is 21.6. The summed E-state index contributed by atoms with van der Waals surface area (Å²) in [7, 11) is 4.13. The summed E-state index contributed by atoms with van der Waals surface area (Å²) in [5.41, 5.74) is 5.80. The summed E-state index contributed by atoms with van der Waals surface area (Å²) in [4.78, 5) is 19.2. The number of imidazole rings is 1. The van der Waals surface area contributed by atoms with Crippen LogP contribution in [0.4, 0.5) is 0 Å². The molecule has 1 aliphatic heterocycles. The first-order valence-electron chi connectivity index (χ1n) is 12.8. The number of rotatable bonds is 4. The molecule has 0 atom stereocenters. The molecule has 184 valence electrons. The smallest absolute Gasteiger partial charge is 0.245 e. The van der Waals surface area contributed by atoms with Crippen LogP contribution in [-0.4, -0.2) is 43.2 Å². The van der Waals surface area contributed by atoms with E-state index in [0.717, 1.165) is 59.6 Å². The lowest BCUT2D eigenvalue weighted by atomic mass is 9.57. The van der Waals surface area contributed by atoms with Crippen LogP contribution in [0.25, 0.3) is 44.2 Å². The summed E-state index contributed by atoms with van der Waals surface area (Å²) in [5, 5.41) is 8.00. The van der Waals surface area contributed by atoms with Crippen LogP contribution in [0.2, 0.25) is 0 Å². The summed E-state index contributed by atoms with van der Waals surface area (Å²) in [6.07, 6.45) is 5.47. The zero-order valence-corrected chi connectivity index (χ0v) is 21.2. The lowest BCUT2D eigenvalue weighted by Crippen LogP contribution is -2.63. The van der Waals surface area contributed by atoms with E-state index in [1.165, 1.54) is 22.4 Å². The molecule has 1 spiro atoms. The molecule has 2 aliphatic rings. The third-order valence-electron chi connectivity index (χ3n) is 8.46. The average molecular weight is 488 g/mol. The number of aryl methyl sites for hydroxylation is 1. The second-order valence-electron chi connectivity index (χ2n) is 10.8. The molecule has 0 bridgehead atoms. The Hall–Kier alpha value is -4.19. The van der Waals surface area contributed by atoms with E-state index >= 15 is 0 Å². The molecule has 1 saturated carbocycles. The summed E-state index contributed by atoms with van der Waals surface area (Å²) >= 11 is 0. The van der Waals surface area contributed by atoms with E-state index in [1.807, 2.05) is 22.8 Å². The minimum Gasteiger partial charge on any atom is -0.338 e. The van der Waals surface area contributed by atoms with Gasteiger partial charge in [-0.25, -0.2) is 4.98 Å². The SMILES string of the molecule is C=CC(=O)N1CC2(CC(c3nc(-c4ccc5c(cnn5C)c4)c(-c4cccc5ccccc45)n3C)C2)C1. The van der Waals surface area contributed by atoms with Crippen LogP contribution in [0.3, 0.4) is 0 Å². The van der Waals surface area contributed by atoms with Gasteiger partial charge in [0.2, 0.25) is 5.91 Å². The first-order chi connectivity index (χ1) is 18.0. The highest BCUT2D eigenvalue weighted by Crippen LogP contribution is 2.56. The van der Waals surface area contributed by atoms with Crippen LogP contribution in [0, 0.1) is 5.41 Å². The van der Waals surface area contributed by atoms with E-state index in [9.17, 15) is 4.79 Å². The maximum absolute atomic E-state index is 12.0. The molecule has 6 heteroatoms. The highest BCUT2D eigenvalue weighted by atomic mass is 16.2. The molecular weight excluding hydrogens is 458 g/mol. The topological polar surface area (TPSA) is 56.0 Å². The first-order valence-corrected chi connectivity index (χ1v) is 12.8. The van der Waals surface area contributed by atoms with E-state index < -0.39 is 0 Å². The van der Waals surface area contributed by atoms with Gasteiger partial charge >= 0.3 is 0 Å². The monoisotopic (exact) mass is 487 g/mol. The van der Waals surface area contributed by atoms with Crippen LogP contribution in [0.5, 0.6) is 0 Å². The van der Waals surface area contributed by atoms with Crippen molar-refractivity contribution in [1.82, 2.24) is 24.2 Å². The van der Waals surface area contributed by atoms with Crippen molar-refractivity contribution in [3.05, 3.63) is 85.3 Å². The highest BCUT2D eigenvalue weighted by Gasteiger charge is 2.54. The molecule has 2 fully saturated rings. The quantitative estimate of drug-likeness (QED) is 0.306. The molecule has 3 aromatic carbocycles. The Balaban J connectivity index is 1.33. The van der Waals surface area contributed by atoms with E-state index in [4.69, 9.17) is 4.98 Å². The molecule has 1 saturated heterocycles. The zero-order valence-electron chi connectivity index (χ0n) is 21.2. The Labute approximate surface area is 215 Å². The van der Waals surface area contributed by atoms with Crippen LogP contribution in [0.1, 0.15) is 24.6 Å². The van der Waals surface area contributed by atoms with Gasteiger partial charge in [0.15, 0.2) is 0 Å². The van der Waals surface area contributed by atoms with Gasteiger partial charge < -0.3 is 9.47 Å². The van der Waals surface area contributed by atoms with Crippen molar-refractivity contribution in [1.29, 1.82) is 0 Å². The standard InChI is InChI=1S/C31H29N5O/c1-4-27(37)36-18-31(19-36)15-23(16-31)30-33-28(21-12-13-26-22(14-21)17-32-35(26)3)29(34(30)2)25-11-7-9-20-8-5-6-10-24(20)25/h4-14,17,23H,1,15-16,18-19H2,2-3H3. The maximum Gasteiger partial charge on any atom is 0.245 e. The second kappa shape index (κ2) is 7.90. The van der Waals surface area contributed by atoms with Crippen LogP contribution >= 0.6 is 0 Å². The van der Waals surface area contributed by atoms with Gasteiger partial charge in [-0.3, -0.25) is 9.48 Å². The number of hydrogen-bond acceptors (Lipinski definition) is 3. The van der Waals surface area contributed by atoms with E-state index in [2.05, 4.69) is 84.0 Å². The van der Waals surface area contributed by atoms with Crippen LogP contribution in [0.15, 0.2) is 79.5 Å². The van der Waals surface area contributed by atoms with Gasteiger partial charge in [0.25, 0.3) is 0 Å². The molecule has 1 aliphatic carbocycles. The third kappa shape index (κ3) is 3.28. The Morgan fingerprint density at radius 3 is 2.62 bits per heavy atom. The predicted octanol–water partition coefficient (Wildman–Crippen LogP) is 5.69. The van der Waals surface area contributed by atoms with Crippen LogP contribution < -0.4 is 0 Å². The average Bonchev–Trinajstić information content (AvgIpc) is 3.41.